The highest BCUT2D eigenvalue weighted by Crippen LogP contribution is 2.15. The maximum Gasteiger partial charge on any atom is 0.411 e. The SMILES string of the molecule is COC(=O)Nc1cccc(NCCc2ccccc2)c1. The summed E-state index contributed by atoms with van der Waals surface area (Å²) in [5.74, 6) is 0. The van der Waals surface area contributed by atoms with Gasteiger partial charge < -0.3 is 10.1 Å². The molecule has 0 saturated heterocycles. The van der Waals surface area contributed by atoms with Crippen molar-refractivity contribution in [2.24, 2.45) is 0 Å². The van der Waals surface area contributed by atoms with E-state index in [1.54, 1.807) is 0 Å². The van der Waals surface area contributed by atoms with Gasteiger partial charge >= 0.3 is 6.09 Å². The topological polar surface area (TPSA) is 50.4 Å². The van der Waals surface area contributed by atoms with Crippen LogP contribution >= 0.6 is 0 Å². The number of nitrogens with one attached hydrogen (secondary N) is 2. The molecule has 4 heteroatoms. The van der Waals surface area contributed by atoms with Gasteiger partial charge in [0.05, 0.1) is 7.11 Å². The first-order valence-electron chi connectivity index (χ1n) is 6.51. The molecule has 4 nitrogen and oxygen atoms in total. The molecular formula is C16H18N2O2. The minimum Gasteiger partial charge on any atom is -0.453 e. The van der Waals surface area contributed by atoms with E-state index in [0.717, 1.165) is 18.7 Å². The van der Waals surface area contributed by atoms with Crippen molar-refractivity contribution in [3.8, 4) is 0 Å². The highest BCUT2D eigenvalue weighted by Gasteiger charge is 2.01. The Bertz CT molecular complexity index is 555. The molecule has 0 saturated carbocycles. The van der Waals surface area contributed by atoms with Crippen LogP contribution in [0.4, 0.5) is 16.2 Å². The molecule has 0 fully saturated rings. The molecule has 0 heterocycles. The number of carbonyl (C=O) groups is 1. The predicted molar refractivity (Wildman–Crippen MR) is 81.1 cm³/mol. The zero-order chi connectivity index (χ0) is 14.2. The van der Waals surface area contributed by atoms with Crippen molar-refractivity contribution in [2.45, 2.75) is 6.42 Å². The van der Waals surface area contributed by atoms with Gasteiger partial charge in [-0.2, -0.15) is 0 Å². The van der Waals surface area contributed by atoms with Crippen molar-refractivity contribution >= 4 is 17.5 Å². The third-order valence-corrected chi connectivity index (χ3v) is 2.88. The minimum absolute atomic E-state index is 0.466. The standard InChI is InChI=1S/C16H18N2O2/c1-20-16(19)18-15-9-5-8-14(12-15)17-11-10-13-6-3-2-4-7-13/h2-9,12,17H,10-11H2,1H3,(H,18,19). The first-order valence-corrected chi connectivity index (χ1v) is 6.51. The molecule has 2 rings (SSSR count). The minimum atomic E-state index is -0.466. The number of carbonyl (C=O) groups excluding carboxylic acids is 1. The summed E-state index contributed by atoms with van der Waals surface area (Å²) in [5.41, 5.74) is 2.97. The molecule has 104 valence electrons. The van der Waals surface area contributed by atoms with Crippen LogP contribution in [-0.2, 0) is 11.2 Å². The van der Waals surface area contributed by atoms with E-state index < -0.39 is 6.09 Å². The molecule has 1 amide bonds. The van der Waals surface area contributed by atoms with Crippen LogP contribution in [0, 0.1) is 0 Å². The van der Waals surface area contributed by atoms with Gasteiger partial charge in [-0.15, -0.1) is 0 Å². The highest BCUT2D eigenvalue weighted by molar-refractivity contribution is 5.85. The van der Waals surface area contributed by atoms with E-state index in [0.29, 0.717) is 5.69 Å². The summed E-state index contributed by atoms with van der Waals surface area (Å²) < 4.78 is 4.56. The van der Waals surface area contributed by atoms with Crippen molar-refractivity contribution in [2.75, 3.05) is 24.3 Å². The Morgan fingerprint density at radius 3 is 2.55 bits per heavy atom. The molecular weight excluding hydrogens is 252 g/mol. The van der Waals surface area contributed by atoms with E-state index >= 15 is 0 Å². The fourth-order valence-electron chi connectivity index (χ4n) is 1.87. The van der Waals surface area contributed by atoms with Crippen molar-refractivity contribution < 1.29 is 9.53 Å². The summed E-state index contributed by atoms with van der Waals surface area (Å²) in [6.45, 7) is 0.839. The maximum atomic E-state index is 11.1. The average Bonchev–Trinajstić information content (AvgIpc) is 2.48. The van der Waals surface area contributed by atoms with E-state index in [9.17, 15) is 4.79 Å². The van der Waals surface area contributed by atoms with Crippen molar-refractivity contribution in [1.29, 1.82) is 0 Å². The van der Waals surface area contributed by atoms with Crippen molar-refractivity contribution in [3.05, 3.63) is 60.2 Å². The predicted octanol–water partition coefficient (Wildman–Crippen LogP) is 3.52. The second-order valence-electron chi connectivity index (χ2n) is 4.36. The molecule has 2 N–H and O–H groups in total. The van der Waals surface area contributed by atoms with E-state index in [1.807, 2.05) is 42.5 Å². The van der Waals surface area contributed by atoms with Crippen LogP contribution in [0.2, 0.25) is 0 Å². The summed E-state index contributed by atoms with van der Waals surface area (Å²) in [7, 11) is 1.34. The second kappa shape index (κ2) is 7.19. The Hall–Kier alpha value is -2.49. The Morgan fingerprint density at radius 2 is 1.80 bits per heavy atom. The molecule has 0 aliphatic rings. The van der Waals surface area contributed by atoms with Gasteiger partial charge in [0, 0.05) is 17.9 Å². The number of methoxy groups -OCH3 is 1. The monoisotopic (exact) mass is 270 g/mol. The highest BCUT2D eigenvalue weighted by atomic mass is 16.5. The Kier molecular flexibility index (Phi) is 5.00. The summed E-state index contributed by atoms with van der Waals surface area (Å²) in [6, 6.07) is 17.9. The summed E-state index contributed by atoms with van der Waals surface area (Å²) >= 11 is 0. The molecule has 0 aliphatic carbocycles. The molecule has 2 aromatic carbocycles. The molecule has 0 spiro atoms. The van der Waals surface area contributed by atoms with Crippen LogP contribution in [0.15, 0.2) is 54.6 Å². The molecule has 2 aromatic rings. The lowest BCUT2D eigenvalue weighted by Crippen LogP contribution is -2.11. The van der Waals surface area contributed by atoms with E-state index in [2.05, 4.69) is 27.5 Å². The number of benzene rings is 2. The lowest BCUT2D eigenvalue weighted by molar-refractivity contribution is 0.187. The largest absolute Gasteiger partial charge is 0.453 e. The smallest absolute Gasteiger partial charge is 0.411 e. The summed E-state index contributed by atoms with van der Waals surface area (Å²) in [4.78, 5) is 11.1. The van der Waals surface area contributed by atoms with Crippen LogP contribution in [0.25, 0.3) is 0 Å². The molecule has 0 aliphatic heterocycles. The van der Waals surface area contributed by atoms with E-state index in [-0.39, 0.29) is 0 Å². The van der Waals surface area contributed by atoms with Gasteiger partial charge in [0.1, 0.15) is 0 Å². The van der Waals surface area contributed by atoms with Gasteiger partial charge in [-0.1, -0.05) is 36.4 Å². The Balaban J connectivity index is 1.86. The third kappa shape index (κ3) is 4.31. The van der Waals surface area contributed by atoms with Gasteiger partial charge in [0.2, 0.25) is 0 Å². The lowest BCUT2D eigenvalue weighted by atomic mass is 10.1. The zero-order valence-corrected chi connectivity index (χ0v) is 11.4. The number of hydrogen-bond acceptors (Lipinski definition) is 3. The van der Waals surface area contributed by atoms with Crippen LogP contribution in [0.1, 0.15) is 5.56 Å². The quantitative estimate of drug-likeness (QED) is 0.874. The second-order valence-corrected chi connectivity index (χ2v) is 4.36. The number of hydrogen-bond donors (Lipinski definition) is 2. The first kappa shape index (κ1) is 13.9. The number of ether oxygens (including phenoxy) is 1. The van der Waals surface area contributed by atoms with Crippen LogP contribution in [-0.4, -0.2) is 19.7 Å². The lowest BCUT2D eigenvalue weighted by Gasteiger charge is -2.09. The van der Waals surface area contributed by atoms with Crippen LogP contribution in [0.3, 0.4) is 0 Å². The van der Waals surface area contributed by atoms with Crippen LogP contribution in [0.5, 0.6) is 0 Å². The third-order valence-electron chi connectivity index (χ3n) is 2.88. The molecule has 0 unspecified atom stereocenters. The Morgan fingerprint density at radius 1 is 1.05 bits per heavy atom. The first-order chi connectivity index (χ1) is 9.78. The van der Waals surface area contributed by atoms with Gasteiger partial charge in [-0.25, -0.2) is 4.79 Å². The molecule has 0 aromatic heterocycles. The van der Waals surface area contributed by atoms with Crippen LogP contribution < -0.4 is 10.6 Å². The Labute approximate surface area is 118 Å². The normalized spacial score (nSPS) is 9.85. The number of rotatable bonds is 5. The van der Waals surface area contributed by atoms with Gasteiger partial charge in [0.15, 0.2) is 0 Å². The van der Waals surface area contributed by atoms with Crippen molar-refractivity contribution in [3.63, 3.8) is 0 Å². The molecule has 0 bridgehead atoms. The zero-order valence-electron chi connectivity index (χ0n) is 11.4. The fraction of sp³-hybridized carbons (Fsp3) is 0.188. The number of anilines is 2. The molecule has 20 heavy (non-hydrogen) atoms. The van der Waals surface area contributed by atoms with Gasteiger partial charge in [0.25, 0.3) is 0 Å². The summed E-state index contributed by atoms with van der Waals surface area (Å²) in [6.07, 6.45) is 0.488. The van der Waals surface area contributed by atoms with Crippen molar-refractivity contribution in [1.82, 2.24) is 0 Å². The molecule has 0 radical (unpaired) electrons. The fourth-order valence-corrected chi connectivity index (χ4v) is 1.87. The number of amides is 1. The molecule has 0 atom stereocenters. The van der Waals surface area contributed by atoms with E-state index in [4.69, 9.17) is 0 Å². The summed E-state index contributed by atoms with van der Waals surface area (Å²) in [5, 5.41) is 5.97. The average molecular weight is 270 g/mol. The van der Waals surface area contributed by atoms with E-state index in [1.165, 1.54) is 12.7 Å². The van der Waals surface area contributed by atoms with Gasteiger partial charge in [-0.3, -0.25) is 5.32 Å². The van der Waals surface area contributed by atoms with Gasteiger partial charge in [-0.05, 0) is 30.2 Å². The maximum absolute atomic E-state index is 11.1.